The van der Waals surface area contributed by atoms with Crippen LogP contribution in [0.15, 0.2) is 36.4 Å². The van der Waals surface area contributed by atoms with Gasteiger partial charge in [0.1, 0.15) is 5.75 Å². The molecule has 2 aromatic rings. The Kier molecular flexibility index (Phi) is 6.01. The maximum atomic E-state index is 12.5. The molecule has 1 N–H and O–H groups in total. The first kappa shape index (κ1) is 19.2. The van der Waals surface area contributed by atoms with E-state index in [1.165, 1.54) is 43.2 Å². The van der Waals surface area contributed by atoms with Gasteiger partial charge < -0.3 is 14.8 Å². The minimum absolute atomic E-state index is 0.306. The fourth-order valence-corrected chi connectivity index (χ4v) is 3.31. The number of hydrogen-bond acceptors (Lipinski definition) is 4. The molecular weight excluding hydrogens is 366 g/mol. The summed E-state index contributed by atoms with van der Waals surface area (Å²) in [5.41, 5.74) is 3.29. The Labute approximate surface area is 163 Å². The number of esters is 1. The summed E-state index contributed by atoms with van der Waals surface area (Å²) < 4.78 is 10.5. The number of rotatable bonds is 5. The van der Waals surface area contributed by atoms with Crippen LogP contribution < -0.4 is 10.1 Å². The van der Waals surface area contributed by atoms with Crippen LogP contribution in [0.1, 0.15) is 41.3 Å². The van der Waals surface area contributed by atoms with E-state index in [9.17, 15) is 9.59 Å². The fourth-order valence-electron chi connectivity index (χ4n) is 3.14. The predicted octanol–water partition coefficient (Wildman–Crippen LogP) is 4.41. The number of aryl methyl sites for hydroxylation is 2. The van der Waals surface area contributed by atoms with E-state index >= 15 is 0 Å². The zero-order valence-electron chi connectivity index (χ0n) is 15.4. The molecule has 1 unspecified atom stereocenters. The molecule has 0 heterocycles. The van der Waals surface area contributed by atoms with Crippen molar-refractivity contribution in [3.05, 3.63) is 58.1 Å². The maximum absolute atomic E-state index is 12.5. The second kappa shape index (κ2) is 8.44. The minimum Gasteiger partial charge on any atom is -0.481 e. The van der Waals surface area contributed by atoms with Gasteiger partial charge in [0.25, 0.3) is 5.91 Å². The van der Waals surface area contributed by atoms with E-state index in [0.29, 0.717) is 22.0 Å². The molecule has 27 heavy (non-hydrogen) atoms. The smallest absolute Gasteiger partial charge is 0.337 e. The monoisotopic (exact) mass is 387 g/mol. The SMILES string of the molecule is COC(=O)c1ccc(Cl)c(NC(=O)C(C)Oc2ccc3c(c2)CCCC3)c1. The highest BCUT2D eigenvalue weighted by Crippen LogP contribution is 2.27. The van der Waals surface area contributed by atoms with Crippen molar-refractivity contribution in [2.45, 2.75) is 38.7 Å². The van der Waals surface area contributed by atoms with Gasteiger partial charge in [-0.3, -0.25) is 4.79 Å². The van der Waals surface area contributed by atoms with E-state index in [-0.39, 0.29) is 5.91 Å². The van der Waals surface area contributed by atoms with E-state index in [4.69, 9.17) is 16.3 Å². The third kappa shape index (κ3) is 4.61. The second-order valence-corrected chi connectivity index (χ2v) is 6.98. The number of halogens is 1. The number of carbonyl (C=O) groups excluding carboxylic acids is 2. The molecule has 0 fully saturated rings. The standard InChI is InChI=1S/C21H22ClNO4/c1-13(27-17-9-7-14-5-3-4-6-15(14)11-17)20(24)23-19-12-16(21(25)26-2)8-10-18(19)22/h7-13H,3-6H2,1-2H3,(H,23,24). The van der Waals surface area contributed by atoms with Gasteiger partial charge in [-0.25, -0.2) is 4.79 Å². The zero-order valence-corrected chi connectivity index (χ0v) is 16.1. The van der Waals surface area contributed by atoms with Gasteiger partial charge in [-0.05, 0) is 74.1 Å². The summed E-state index contributed by atoms with van der Waals surface area (Å²) in [5, 5.41) is 3.04. The molecule has 1 aliphatic rings. The van der Waals surface area contributed by atoms with Crippen LogP contribution in [0.25, 0.3) is 0 Å². The van der Waals surface area contributed by atoms with E-state index in [0.717, 1.165) is 12.8 Å². The molecule has 0 saturated carbocycles. The number of fused-ring (bicyclic) bond motifs is 1. The molecule has 1 amide bonds. The average molecular weight is 388 g/mol. The van der Waals surface area contributed by atoms with Crippen molar-refractivity contribution in [3.8, 4) is 5.75 Å². The lowest BCUT2D eigenvalue weighted by molar-refractivity contribution is -0.122. The molecule has 2 aromatic carbocycles. The third-order valence-corrected chi connectivity index (χ3v) is 4.98. The molecule has 0 aliphatic heterocycles. The first-order valence-corrected chi connectivity index (χ1v) is 9.33. The topological polar surface area (TPSA) is 64.6 Å². The van der Waals surface area contributed by atoms with Gasteiger partial charge in [-0.15, -0.1) is 0 Å². The molecular formula is C21H22ClNO4. The Bertz CT molecular complexity index is 865. The summed E-state index contributed by atoms with van der Waals surface area (Å²) in [7, 11) is 1.30. The second-order valence-electron chi connectivity index (χ2n) is 6.57. The van der Waals surface area contributed by atoms with Crippen LogP contribution >= 0.6 is 11.6 Å². The number of ether oxygens (including phenoxy) is 2. The Morgan fingerprint density at radius 3 is 2.56 bits per heavy atom. The number of nitrogens with one attached hydrogen (secondary N) is 1. The molecule has 142 valence electrons. The fraction of sp³-hybridized carbons (Fsp3) is 0.333. The highest BCUT2D eigenvalue weighted by atomic mass is 35.5. The van der Waals surface area contributed by atoms with Crippen molar-refractivity contribution in [3.63, 3.8) is 0 Å². The zero-order chi connectivity index (χ0) is 19.4. The van der Waals surface area contributed by atoms with Gasteiger partial charge >= 0.3 is 5.97 Å². The molecule has 0 bridgehead atoms. The molecule has 6 heteroatoms. The van der Waals surface area contributed by atoms with Gasteiger partial charge in [0.15, 0.2) is 6.10 Å². The quantitative estimate of drug-likeness (QED) is 0.772. The molecule has 0 radical (unpaired) electrons. The summed E-state index contributed by atoms with van der Waals surface area (Å²) in [6, 6.07) is 10.6. The molecule has 0 saturated heterocycles. The normalized spacial score (nSPS) is 14.0. The van der Waals surface area contributed by atoms with Crippen molar-refractivity contribution in [1.82, 2.24) is 0 Å². The van der Waals surface area contributed by atoms with Gasteiger partial charge in [-0.2, -0.15) is 0 Å². The highest BCUT2D eigenvalue weighted by Gasteiger charge is 2.18. The van der Waals surface area contributed by atoms with Crippen LogP contribution in [0.3, 0.4) is 0 Å². The molecule has 0 aromatic heterocycles. The first-order valence-electron chi connectivity index (χ1n) is 8.95. The minimum atomic E-state index is -0.718. The summed E-state index contributed by atoms with van der Waals surface area (Å²) >= 11 is 6.12. The van der Waals surface area contributed by atoms with E-state index in [2.05, 4.69) is 16.1 Å². The summed E-state index contributed by atoms with van der Waals surface area (Å²) in [4.78, 5) is 24.2. The molecule has 0 spiro atoms. The third-order valence-electron chi connectivity index (χ3n) is 4.65. The van der Waals surface area contributed by atoms with Gasteiger partial charge in [0.05, 0.1) is 23.4 Å². The van der Waals surface area contributed by atoms with E-state index in [1.807, 2.05) is 12.1 Å². The molecule has 3 rings (SSSR count). The van der Waals surface area contributed by atoms with Crippen LogP contribution in [0.2, 0.25) is 5.02 Å². The number of carbonyl (C=O) groups is 2. The average Bonchev–Trinajstić information content (AvgIpc) is 2.68. The highest BCUT2D eigenvalue weighted by molar-refractivity contribution is 6.33. The lowest BCUT2D eigenvalue weighted by Gasteiger charge is -2.19. The van der Waals surface area contributed by atoms with Crippen molar-refractivity contribution < 1.29 is 19.1 Å². The molecule has 1 aliphatic carbocycles. The number of anilines is 1. The van der Waals surface area contributed by atoms with Crippen LogP contribution in [0.4, 0.5) is 5.69 Å². The van der Waals surface area contributed by atoms with Crippen molar-refractivity contribution in [1.29, 1.82) is 0 Å². The van der Waals surface area contributed by atoms with Crippen molar-refractivity contribution in [2.75, 3.05) is 12.4 Å². The van der Waals surface area contributed by atoms with Crippen molar-refractivity contribution in [2.24, 2.45) is 0 Å². The Morgan fingerprint density at radius 2 is 1.81 bits per heavy atom. The summed E-state index contributed by atoms with van der Waals surface area (Å²) in [5.74, 6) is -0.176. The van der Waals surface area contributed by atoms with Crippen LogP contribution in [-0.2, 0) is 22.4 Å². The number of methoxy groups -OCH3 is 1. The first-order chi connectivity index (χ1) is 13.0. The lowest BCUT2D eigenvalue weighted by atomic mass is 9.92. The van der Waals surface area contributed by atoms with E-state index < -0.39 is 12.1 Å². The molecule has 1 atom stereocenters. The lowest BCUT2D eigenvalue weighted by Crippen LogP contribution is -2.30. The molecule has 5 nitrogen and oxygen atoms in total. The van der Waals surface area contributed by atoms with Gasteiger partial charge in [0, 0.05) is 0 Å². The maximum Gasteiger partial charge on any atom is 0.337 e. The Balaban J connectivity index is 1.68. The predicted molar refractivity (Wildman–Crippen MR) is 105 cm³/mol. The number of amides is 1. The van der Waals surface area contributed by atoms with Gasteiger partial charge in [0.2, 0.25) is 0 Å². The van der Waals surface area contributed by atoms with Crippen molar-refractivity contribution >= 4 is 29.2 Å². The summed E-state index contributed by atoms with van der Waals surface area (Å²) in [6.45, 7) is 1.67. The number of benzene rings is 2. The number of hydrogen-bond donors (Lipinski definition) is 1. The van der Waals surface area contributed by atoms with E-state index in [1.54, 1.807) is 13.0 Å². The summed E-state index contributed by atoms with van der Waals surface area (Å²) in [6.07, 6.45) is 3.83. The Hall–Kier alpha value is -2.53. The van der Waals surface area contributed by atoms with Gasteiger partial charge in [-0.1, -0.05) is 17.7 Å². The largest absolute Gasteiger partial charge is 0.481 e. The van der Waals surface area contributed by atoms with Crippen LogP contribution in [-0.4, -0.2) is 25.1 Å². The van der Waals surface area contributed by atoms with Crippen LogP contribution in [0, 0.1) is 0 Å². The van der Waals surface area contributed by atoms with Crippen LogP contribution in [0.5, 0.6) is 5.75 Å². The Morgan fingerprint density at radius 1 is 1.07 bits per heavy atom.